The van der Waals surface area contributed by atoms with Crippen LogP contribution in [0.2, 0.25) is 0 Å². The van der Waals surface area contributed by atoms with Crippen LogP contribution in [-0.4, -0.2) is 82.2 Å². The van der Waals surface area contributed by atoms with Crippen LogP contribution in [0.3, 0.4) is 0 Å². The maximum Gasteiger partial charge on any atom is 0.319 e. The van der Waals surface area contributed by atoms with E-state index >= 15 is 4.39 Å². The Kier molecular flexibility index (Phi) is 7.25. The van der Waals surface area contributed by atoms with Crippen LogP contribution in [0.1, 0.15) is 44.6 Å². The van der Waals surface area contributed by atoms with E-state index in [0.29, 0.717) is 48.9 Å². The zero-order valence-electron chi connectivity index (χ0n) is 25.2. The maximum absolute atomic E-state index is 16.9. The molecule has 5 heterocycles. The van der Waals surface area contributed by atoms with Gasteiger partial charge in [0.1, 0.15) is 41.0 Å². The molecule has 7 rings (SSSR count). The monoisotopic (exact) mass is 617 g/mol. The molecule has 0 spiro atoms. The van der Waals surface area contributed by atoms with Gasteiger partial charge in [-0.15, -0.1) is 6.42 Å². The molecule has 0 amide bonds. The lowest BCUT2D eigenvalue weighted by atomic mass is 9.94. The van der Waals surface area contributed by atoms with Crippen molar-refractivity contribution in [2.75, 3.05) is 44.8 Å². The van der Waals surface area contributed by atoms with Crippen molar-refractivity contribution in [2.45, 2.75) is 56.3 Å². The van der Waals surface area contributed by atoms with Crippen LogP contribution < -0.4 is 14.4 Å². The predicted molar refractivity (Wildman–Crippen MR) is 165 cm³/mol. The molecule has 1 N–H and O–H groups in total. The molecule has 3 aliphatic heterocycles. The highest BCUT2D eigenvalue weighted by atomic mass is 19.1. The third-order valence-electron chi connectivity index (χ3n) is 9.51. The molecule has 0 radical (unpaired) electrons. The van der Waals surface area contributed by atoms with Gasteiger partial charge in [0.15, 0.2) is 5.82 Å². The number of nitrogens with zero attached hydrogens (tertiary/aromatic N) is 5. The molecule has 8 nitrogen and oxygen atoms in total. The van der Waals surface area contributed by atoms with Gasteiger partial charge in [-0.2, -0.15) is 9.97 Å². The Bertz CT molecular complexity index is 1860. The first-order chi connectivity index (χ1) is 21.6. The second-order valence-corrected chi connectivity index (χ2v) is 12.7. The third-order valence-corrected chi connectivity index (χ3v) is 9.51. The van der Waals surface area contributed by atoms with Gasteiger partial charge in [-0.25, -0.2) is 18.2 Å². The molecular weight excluding hydrogens is 583 g/mol. The topological polar surface area (TPSA) is 83.8 Å². The average Bonchev–Trinajstić information content (AvgIpc) is 3.55. The molecule has 0 aliphatic carbocycles. The summed E-state index contributed by atoms with van der Waals surface area (Å²) < 4.78 is 58.1. The number of methoxy groups -OCH3 is 1. The van der Waals surface area contributed by atoms with Crippen molar-refractivity contribution in [1.29, 1.82) is 0 Å². The lowest BCUT2D eigenvalue weighted by molar-refractivity contribution is 0.0447. The van der Waals surface area contributed by atoms with Gasteiger partial charge >= 0.3 is 6.01 Å². The van der Waals surface area contributed by atoms with Crippen molar-refractivity contribution < 1.29 is 27.8 Å². The number of benzene rings is 2. The van der Waals surface area contributed by atoms with Crippen LogP contribution in [0.15, 0.2) is 30.3 Å². The molecule has 0 unspecified atom stereocenters. The molecule has 3 atom stereocenters. The van der Waals surface area contributed by atoms with Crippen LogP contribution in [-0.2, 0) is 0 Å². The van der Waals surface area contributed by atoms with E-state index in [2.05, 4.69) is 20.8 Å². The smallest absolute Gasteiger partial charge is 0.319 e. The first-order valence-corrected chi connectivity index (χ1v) is 15.3. The SMILES string of the molecule is C#Cc1c(F)ccc2cccc(-c3nc(OC)c4c(N5CCC[C@@](C)(O)C5)nc(OC[C@@]56CCCN5C[C@H](F)C6)nc4c3F)c12. The summed E-state index contributed by atoms with van der Waals surface area (Å²) >= 11 is 0. The molecule has 2 aromatic heterocycles. The van der Waals surface area contributed by atoms with Gasteiger partial charge in [-0.3, -0.25) is 4.90 Å². The van der Waals surface area contributed by atoms with Crippen molar-refractivity contribution in [3.8, 4) is 35.5 Å². The molecule has 234 valence electrons. The molecule has 45 heavy (non-hydrogen) atoms. The van der Waals surface area contributed by atoms with Crippen molar-refractivity contribution in [2.24, 2.45) is 0 Å². The van der Waals surface area contributed by atoms with Crippen LogP contribution >= 0.6 is 0 Å². The second kappa shape index (κ2) is 11.0. The van der Waals surface area contributed by atoms with E-state index in [0.717, 1.165) is 19.4 Å². The fourth-order valence-corrected chi connectivity index (χ4v) is 7.46. The van der Waals surface area contributed by atoms with Crippen molar-refractivity contribution >= 4 is 27.5 Å². The first-order valence-electron chi connectivity index (χ1n) is 15.3. The Morgan fingerprint density at radius 3 is 2.69 bits per heavy atom. The number of β-amino-alcohol motifs (C(OH)–C–C–N with tert-alkyl or cyclic N) is 1. The summed E-state index contributed by atoms with van der Waals surface area (Å²) in [5, 5.41) is 12.1. The van der Waals surface area contributed by atoms with Gasteiger partial charge in [-0.1, -0.05) is 30.2 Å². The highest BCUT2D eigenvalue weighted by molar-refractivity contribution is 6.03. The highest BCUT2D eigenvalue weighted by Gasteiger charge is 2.49. The Hall–Kier alpha value is -4.14. The molecule has 4 aromatic rings. The largest absolute Gasteiger partial charge is 0.480 e. The molecule has 0 bridgehead atoms. The molecule has 3 fully saturated rings. The lowest BCUT2D eigenvalue weighted by Gasteiger charge is -2.38. The fraction of sp³-hybridized carbons (Fsp3) is 0.441. The molecule has 2 aromatic carbocycles. The first kappa shape index (κ1) is 29.6. The Morgan fingerprint density at radius 1 is 1.09 bits per heavy atom. The van der Waals surface area contributed by atoms with Gasteiger partial charge < -0.3 is 19.5 Å². The van der Waals surface area contributed by atoms with Crippen LogP contribution in [0.4, 0.5) is 19.0 Å². The number of terminal acetylenes is 1. The summed E-state index contributed by atoms with van der Waals surface area (Å²) in [4.78, 5) is 17.8. The number of hydrogen-bond acceptors (Lipinski definition) is 8. The molecule has 0 saturated carbocycles. The number of rotatable bonds is 6. The van der Waals surface area contributed by atoms with E-state index in [1.165, 1.54) is 13.2 Å². The Balaban J connectivity index is 1.42. The lowest BCUT2D eigenvalue weighted by Crippen LogP contribution is -2.46. The average molecular weight is 618 g/mol. The predicted octanol–water partition coefficient (Wildman–Crippen LogP) is 5.42. The number of aliphatic hydroxyl groups is 1. The minimum absolute atomic E-state index is 0.00517. The second-order valence-electron chi connectivity index (χ2n) is 12.7. The van der Waals surface area contributed by atoms with Crippen LogP contribution in [0, 0.1) is 24.0 Å². The van der Waals surface area contributed by atoms with Crippen LogP contribution in [0.25, 0.3) is 32.9 Å². The summed E-state index contributed by atoms with van der Waals surface area (Å²) in [5.74, 6) is 1.38. The minimum atomic E-state index is -1.00. The van der Waals surface area contributed by atoms with E-state index in [1.54, 1.807) is 31.2 Å². The quantitative estimate of drug-likeness (QED) is 0.288. The normalized spacial score (nSPS) is 25.1. The van der Waals surface area contributed by atoms with Crippen molar-refractivity contribution in [3.63, 3.8) is 0 Å². The summed E-state index contributed by atoms with van der Waals surface area (Å²) in [6, 6.07) is 7.90. The van der Waals surface area contributed by atoms with Gasteiger partial charge in [0.25, 0.3) is 0 Å². The molecule has 11 heteroatoms. The number of pyridine rings is 1. The zero-order chi connectivity index (χ0) is 31.5. The number of anilines is 1. The Morgan fingerprint density at radius 2 is 1.91 bits per heavy atom. The van der Waals surface area contributed by atoms with E-state index in [4.69, 9.17) is 20.9 Å². The van der Waals surface area contributed by atoms with Gasteiger partial charge in [0.2, 0.25) is 5.88 Å². The standard InChI is InChI=1S/C34H34F3N5O3/c1-4-22-24(36)11-10-20-8-5-9-23(25(20)22)28-27(37)29-26(31(38-28)44-3)30(41-14-6-12-33(2,43)18-41)40-32(39-29)45-19-34-13-7-15-42(34)17-21(35)16-34/h1,5,8-11,21,43H,6-7,12-19H2,2-3H3/t21-,33-,34+/m1/s1. The zero-order valence-corrected chi connectivity index (χ0v) is 25.2. The number of piperidine rings is 1. The van der Waals surface area contributed by atoms with Crippen molar-refractivity contribution in [3.05, 3.63) is 47.5 Å². The van der Waals surface area contributed by atoms with Gasteiger partial charge in [-0.05, 0) is 50.6 Å². The van der Waals surface area contributed by atoms with Gasteiger partial charge in [0, 0.05) is 37.0 Å². The molecule has 3 saturated heterocycles. The highest BCUT2D eigenvalue weighted by Crippen LogP contribution is 2.43. The summed E-state index contributed by atoms with van der Waals surface area (Å²) in [6.45, 7) is 3.84. The number of aromatic nitrogens is 3. The van der Waals surface area contributed by atoms with Gasteiger partial charge in [0.05, 0.1) is 23.8 Å². The third kappa shape index (κ3) is 5.00. The summed E-state index contributed by atoms with van der Waals surface area (Å²) in [5.41, 5.74) is -1.42. The van der Waals surface area contributed by atoms with E-state index in [-0.39, 0.29) is 52.8 Å². The summed E-state index contributed by atoms with van der Waals surface area (Å²) in [6.07, 6.45) is 8.12. The van der Waals surface area contributed by atoms with E-state index in [9.17, 15) is 13.9 Å². The number of hydrogen-bond donors (Lipinski definition) is 1. The van der Waals surface area contributed by atoms with Crippen LogP contribution in [0.5, 0.6) is 11.9 Å². The van der Waals surface area contributed by atoms with E-state index < -0.39 is 28.9 Å². The van der Waals surface area contributed by atoms with E-state index in [1.807, 2.05) is 4.90 Å². The number of alkyl halides is 1. The van der Waals surface area contributed by atoms with Crippen molar-refractivity contribution in [1.82, 2.24) is 19.9 Å². The minimum Gasteiger partial charge on any atom is -0.480 e. The Labute approximate surface area is 259 Å². The number of ether oxygens (including phenoxy) is 2. The summed E-state index contributed by atoms with van der Waals surface area (Å²) in [7, 11) is 1.42. The number of halogens is 3. The number of fused-ring (bicyclic) bond motifs is 3. The molecule has 3 aliphatic rings. The maximum atomic E-state index is 16.9. The fourth-order valence-electron chi connectivity index (χ4n) is 7.46. The molecular formula is C34H34F3N5O3.